The van der Waals surface area contributed by atoms with Gasteiger partial charge in [0.15, 0.2) is 0 Å². The highest BCUT2D eigenvalue weighted by Gasteiger charge is 2.00. The molecule has 0 aromatic carbocycles. The smallest absolute Gasteiger partial charge is 0.0351 e. The van der Waals surface area contributed by atoms with E-state index in [9.17, 15) is 0 Å². The summed E-state index contributed by atoms with van der Waals surface area (Å²) >= 11 is 3.59. The van der Waals surface area contributed by atoms with Gasteiger partial charge in [-0.05, 0) is 35.5 Å². The summed E-state index contributed by atoms with van der Waals surface area (Å²) in [4.78, 5) is 2.67. The van der Waals surface area contributed by atoms with Crippen molar-refractivity contribution in [2.24, 2.45) is 0 Å². The zero-order valence-corrected chi connectivity index (χ0v) is 10.9. The predicted molar refractivity (Wildman–Crippen MR) is 75.2 cm³/mol. The Bertz CT molecular complexity index is 440. The first-order valence-corrected chi connectivity index (χ1v) is 7.15. The minimum absolute atomic E-state index is 0.947. The van der Waals surface area contributed by atoms with Crippen LogP contribution in [0.25, 0.3) is 16.5 Å². The molecule has 0 aliphatic heterocycles. The molecule has 0 saturated heterocycles. The largest absolute Gasteiger partial charge is 0.314 e. The molecule has 0 radical (unpaired) electrons. The molecule has 0 spiro atoms. The Labute approximate surface area is 104 Å². The quantitative estimate of drug-likeness (QED) is 0.787. The molecule has 84 valence electrons. The summed E-state index contributed by atoms with van der Waals surface area (Å²) < 4.78 is 0. The van der Waals surface area contributed by atoms with Gasteiger partial charge >= 0.3 is 0 Å². The van der Waals surface area contributed by atoms with Crippen molar-refractivity contribution in [1.29, 1.82) is 0 Å². The highest BCUT2D eigenvalue weighted by Crippen LogP contribution is 2.29. The van der Waals surface area contributed by atoms with E-state index in [4.69, 9.17) is 0 Å². The molecule has 16 heavy (non-hydrogen) atoms. The maximum atomic E-state index is 3.27. The SMILES string of the molecule is CCNCC=Cc1cc(-c2cccs2)cs1. The average molecular weight is 249 g/mol. The molecule has 2 aromatic rings. The van der Waals surface area contributed by atoms with Crippen LogP contribution in [0.15, 0.2) is 35.0 Å². The van der Waals surface area contributed by atoms with Crippen LogP contribution in [0, 0.1) is 0 Å². The lowest BCUT2D eigenvalue weighted by atomic mass is 10.2. The second kappa shape index (κ2) is 5.99. The Morgan fingerprint density at radius 1 is 1.38 bits per heavy atom. The second-order valence-electron chi connectivity index (χ2n) is 3.43. The van der Waals surface area contributed by atoms with Gasteiger partial charge in [0.05, 0.1) is 0 Å². The Kier molecular flexibility index (Phi) is 4.34. The average Bonchev–Trinajstić information content (AvgIpc) is 2.94. The van der Waals surface area contributed by atoms with Gasteiger partial charge in [-0.25, -0.2) is 0 Å². The maximum absolute atomic E-state index is 3.27. The molecule has 0 aliphatic carbocycles. The van der Waals surface area contributed by atoms with E-state index in [1.54, 1.807) is 22.7 Å². The van der Waals surface area contributed by atoms with Crippen LogP contribution in [-0.4, -0.2) is 13.1 Å². The number of rotatable bonds is 5. The fraction of sp³-hybridized carbons (Fsp3) is 0.231. The normalized spacial score (nSPS) is 11.3. The molecule has 0 unspecified atom stereocenters. The van der Waals surface area contributed by atoms with Gasteiger partial charge in [-0.1, -0.05) is 19.1 Å². The van der Waals surface area contributed by atoms with Crippen LogP contribution in [0.4, 0.5) is 0 Å². The van der Waals surface area contributed by atoms with E-state index in [0.29, 0.717) is 0 Å². The molecule has 0 saturated carbocycles. The summed E-state index contributed by atoms with van der Waals surface area (Å²) in [7, 11) is 0. The molecule has 0 fully saturated rings. The van der Waals surface area contributed by atoms with Crippen molar-refractivity contribution in [3.63, 3.8) is 0 Å². The summed E-state index contributed by atoms with van der Waals surface area (Å²) in [5.74, 6) is 0. The van der Waals surface area contributed by atoms with E-state index in [2.05, 4.69) is 53.4 Å². The molecule has 0 atom stereocenters. The van der Waals surface area contributed by atoms with Crippen LogP contribution in [0.5, 0.6) is 0 Å². The highest BCUT2D eigenvalue weighted by molar-refractivity contribution is 7.15. The molecule has 1 N–H and O–H groups in total. The van der Waals surface area contributed by atoms with Gasteiger partial charge in [0.25, 0.3) is 0 Å². The van der Waals surface area contributed by atoms with E-state index in [1.165, 1.54) is 15.3 Å². The van der Waals surface area contributed by atoms with E-state index in [-0.39, 0.29) is 0 Å². The summed E-state index contributed by atoms with van der Waals surface area (Å²) in [5.41, 5.74) is 1.34. The predicted octanol–water partition coefficient (Wildman–Crippen LogP) is 4.10. The lowest BCUT2D eigenvalue weighted by Gasteiger charge is -1.91. The van der Waals surface area contributed by atoms with E-state index < -0.39 is 0 Å². The first-order chi connectivity index (χ1) is 7.90. The third-order valence-electron chi connectivity index (χ3n) is 2.22. The van der Waals surface area contributed by atoms with Crippen LogP contribution >= 0.6 is 22.7 Å². The first kappa shape index (κ1) is 11.6. The number of hydrogen-bond acceptors (Lipinski definition) is 3. The molecule has 3 heteroatoms. The standard InChI is InChI=1S/C13H15NS2/c1-2-14-7-3-5-12-9-11(10-16-12)13-6-4-8-15-13/h3-6,8-10,14H,2,7H2,1H3. The molecule has 0 bridgehead atoms. The summed E-state index contributed by atoms with van der Waals surface area (Å²) in [6, 6.07) is 6.51. The monoisotopic (exact) mass is 249 g/mol. The Morgan fingerprint density at radius 3 is 3.06 bits per heavy atom. The van der Waals surface area contributed by atoms with E-state index in [0.717, 1.165) is 13.1 Å². The van der Waals surface area contributed by atoms with Crippen LogP contribution in [0.2, 0.25) is 0 Å². The number of thiophene rings is 2. The molecule has 2 rings (SSSR count). The van der Waals surface area contributed by atoms with Crippen LogP contribution in [-0.2, 0) is 0 Å². The van der Waals surface area contributed by atoms with Gasteiger partial charge in [-0.15, -0.1) is 22.7 Å². The summed E-state index contributed by atoms with van der Waals surface area (Å²) in [6.45, 7) is 4.09. The van der Waals surface area contributed by atoms with Crippen molar-refractivity contribution in [2.45, 2.75) is 6.92 Å². The Hall–Kier alpha value is -0.900. The number of hydrogen-bond donors (Lipinski definition) is 1. The van der Waals surface area contributed by atoms with Crippen LogP contribution in [0.3, 0.4) is 0 Å². The fourth-order valence-electron chi connectivity index (χ4n) is 1.42. The topological polar surface area (TPSA) is 12.0 Å². The highest BCUT2D eigenvalue weighted by atomic mass is 32.1. The van der Waals surface area contributed by atoms with Crippen molar-refractivity contribution in [3.05, 3.63) is 39.9 Å². The van der Waals surface area contributed by atoms with Crippen LogP contribution < -0.4 is 5.32 Å². The number of nitrogens with one attached hydrogen (secondary N) is 1. The van der Waals surface area contributed by atoms with Gasteiger partial charge < -0.3 is 5.32 Å². The van der Waals surface area contributed by atoms with E-state index in [1.807, 2.05) is 0 Å². The van der Waals surface area contributed by atoms with Gasteiger partial charge in [-0.2, -0.15) is 0 Å². The summed E-state index contributed by atoms with van der Waals surface area (Å²) in [5, 5.41) is 7.61. The zero-order valence-electron chi connectivity index (χ0n) is 9.27. The molecule has 2 heterocycles. The minimum atomic E-state index is 0.947. The maximum Gasteiger partial charge on any atom is 0.0351 e. The van der Waals surface area contributed by atoms with Crippen LogP contribution in [0.1, 0.15) is 11.8 Å². The van der Waals surface area contributed by atoms with Crippen molar-refractivity contribution < 1.29 is 0 Å². The van der Waals surface area contributed by atoms with Gasteiger partial charge in [0.1, 0.15) is 0 Å². The molecule has 1 nitrogen and oxygen atoms in total. The van der Waals surface area contributed by atoms with Crippen molar-refractivity contribution in [1.82, 2.24) is 5.32 Å². The van der Waals surface area contributed by atoms with Crippen molar-refractivity contribution in [3.8, 4) is 10.4 Å². The first-order valence-electron chi connectivity index (χ1n) is 5.40. The third-order valence-corrected chi connectivity index (χ3v) is 4.04. The zero-order chi connectivity index (χ0) is 11.2. The van der Waals surface area contributed by atoms with Gasteiger partial charge in [0.2, 0.25) is 0 Å². The fourth-order valence-corrected chi connectivity index (χ4v) is 3.03. The third kappa shape index (κ3) is 3.04. The lowest BCUT2D eigenvalue weighted by Crippen LogP contribution is -2.11. The van der Waals surface area contributed by atoms with Crippen molar-refractivity contribution >= 4 is 28.7 Å². The second-order valence-corrected chi connectivity index (χ2v) is 5.32. The molecular weight excluding hydrogens is 234 g/mol. The van der Waals surface area contributed by atoms with E-state index >= 15 is 0 Å². The molecule has 2 aromatic heterocycles. The minimum Gasteiger partial charge on any atom is -0.314 e. The van der Waals surface area contributed by atoms with Crippen molar-refractivity contribution in [2.75, 3.05) is 13.1 Å². The molecular formula is C13H15NS2. The number of likely N-dealkylation sites (N-methyl/N-ethyl adjacent to an activating group) is 1. The molecule has 0 aliphatic rings. The van der Waals surface area contributed by atoms with Gasteiger partial charge in [0, 0.05) is 21.9 Å². The Balaban J connectivity index is 2.00. The van der Waals surface area contributed by atoms with Gasteiger partial charge in [-0.3, -0.25) is 0 Å². The summed E-state index contributed by atoms with van der Waals surface area (Å²) in [6.07, 6.45) is 4.36. The lowest BCUT2D eigenvalue weighted by molar-refractivity contribution is 0.801. The molecule has 0 amide bonds. The Morgan fingerprint density at radius 2 is 2.31 bits per heavy atom.